The van der Waals surface area contributed by atoms with Gasteiger partial charge in [0.25, 0.3) is 0 Å². The average molecular weight is 268 g/mol. The molecule has 0 saturated heterocycles. The van der Waals surface area contributed by atoms with E-state index in [1.54, 1.807) is 18.0 Å². The number of hydrogen-bond acceptors (Lipinski definition) is 3. The fourth-order valence-electron chi connectivity index (χ4n) is 1.88. The number of carboxylic acid groups (broad SMARTS) is 1. The number of aromatic carboxylic acids is 1. The second-order valence-corrected chi connectivity index (χ2v) is 4.31. The Kier molecular flexibility index (Phi) is 5.41. The number of hydrogen-bond donors (Lipinski definition) is 2. The maximum absolute atomic E-state index is 11.9. The highest BCUT2D eigenvalue weighted by atomic mass is 16.4. The smallest absolute Gasteiger partial charge is 0.371 e. The lowest BCUT2D eigenvalue weighted by atomic mass is 10.1. The second-order valence-electron chi connectivity index (χ2n) is 4.31. The van der Waals surface area contributed by atoms with E-state index >= 15 is 0 Å². The van der Waals surface area contributed by atoms with Crippen molar-refractivity contribution in [3.8, 4) is 0 Å². The molecule has 1 aromatic rings. The number of nitrogens with zero attached hydrogens (tertiary/aromatic N) is 1. The zero-order valence-corrected chi connectivity index (χ0v) is 11.5. The number of carbonyl (C=O) groups excluding carboxylic acids is 1. The minimum absolute atomic E-state index is 0.127. The molecule has 0 unspecified atom stereocenters. The van der Waals surface area contributed by atoms with Crippen LogP contribution in [-0.4, -0.2) is 35.1 Å². The van der Waals surface area contributed by atoms with Crippen LogP contribution >= 0.6 is 0 Å². The van der Waals surface area contributed by atoms with Gasteiger partial charge in [-0.3, -0.25) is 0 Å². The normalized spacial score (nSPS) is 10.5. The summed E-state index contributed by atoms with van der Waals surface area (Å²) in [6.45, 7) is 4.24. The Morgan fingerprint density at radius 1 is 1.37 bits per heavy atom. The molecule has 6 heteroatoms. The van der Waals surface area contributed by atoms with Gasteiger partial charge in [0, 0.05) is 13.1 Å². The molecule has 1 aromatic heterocycles. The summed E-state index contributed by atoms with van der Waals surface area (Å²) in [5.74, 6) is -0.826. The third-order valence-electron chi connectivity index (χ3n) is 3.10. The van der Waals surface area contributed by atoms with Crippen LogP contribution in [0.5, 0.6) is 0 Å². The van der Waals surface area contributed by atoms with Crippen LogP contribution in [-0.2, 0) is 6.54 Å². The molecule has 0 aromatic carbocycles. The van der Waals surface area contributed by atoms with Crippen molar-refractivity contribution in [3.05, 3.63) is 23.7 Å². The van der Waals surface area contributed by atoms with Crippen molar-refractivity contribution in [2.75, 3.05) is 7.05 Å². The molecule has 0 spiro atoms. The first-order valence-electron chi connectivity index (χ1n) is 6.32. The van der Waals surface area contributed by atoms with Gasteiger partial charge in [-0.15, -0.1) is 0 Å². The third-order valence-corrected chi connectivity index (χ3v) is 3.10. The van der Waals surface area contributed by atoms with Crippen molar-refractivity contribution in [1.82, 2.24) is 10.2 Å². The highest BCUT2D eigenvalue weighted by Crippen LogP contribution is 2.09. The van der Waals surface area contributed by atoms with E-state index in [0.717, 1.165) is 12.8 Å². The maximum atomic E-state index is 11.9. The van der Waals surface area contributed by atoms with Gasteiger partial charge in [-0.2, -0.15) is 0 Å². The van der Waals surface area contributed by atoms with Gasteiger partial charge in [0.1, 0.15) is 5.76 Å². The van der Waals surface area contributed by atoms with Gasteiger partial charge in [-0.25, -0.2) is 9.59 Å². The van der Waals surface area contributed by atoms with Crippen LogP contribution < -0.4 is 5.32 Å². The molecule has 0 fully saturated rings. The largest absolute Gasteiger partial charge is 0.475 e. The van der Waals surface area contributed by atoms with Crippen molar-refractivity contribution in [3.63, 3.8) is 0 Å². The van der Waals surface area contributed by atoms with Gasteiger partial charge >= 0.3 is 12.0 Å². The lowest BCUT2D eigenvalue weighted by Gasteiger charge is -2.26. The van der Waals surface area contributed by atoms with Gasteiger partial charge in [0.15, 0.2) is 0 Å². The van der Waals surface area contributed by atoms with Crippen molar-refractivity contribution >= 4 is 12.0 Å². The van der Waals surface area contributed by atoms with E-state index < -0.39 is 5.97 Å². The first-order chi connectivity index (χ1) is 8.99. The van der Waals surface area contributed by atoms with Gasteiger partial charge in [-0.1, -0.05) is 13.8 Å². The Bertz CT molecular complexity index is 438. The Hall–Kier alpha value is -1.98. The summed E-state index contributed by atoms with van der Waals surface area (Å²) >= 11 is 0. The van der Waals surface area contributed by atoms with E-state index in [9.17, 15) is 9.59 Å². The number of rotatable bonds is 6. The summed E-state index contributed by atoms with van der Waals surface area (Å²) in [5.41, 5.74) is 0. The van der Waals surface area contributed by atoms with E-state index in [1.807, 2.05) is 13.8 Å². The van der Waals surface area contributed by atoms with E-state index in [2.05, 4.69) is 5.32 Å². The molecule has 6 nitrogen and oxygen atoms in total. The summed E-state index contributed by atoms with van der Waals surface area (Å²) in [4.78, 5) is 24.2. The van der Waals surface area contributed by atoms with Gasteiger partial charge < -0.3 is 19.7 Å². The summed E-state index contributed by atoms with van der Waals surface area (Å²) < 4.78 is 5.06. The molecule has 106 valence electrons. The number of nitrogens with one attached hydrogen (secondary N) is 1. The topological polar surface area (TPSA) is 82.8 Å². The molecular formula is C13H20N2O4. The molecule has 0 saturated carbocycles. The van der Waals surface area contributed by atoms with Crippen molar-refractivity contribution in [2.45, 2.75) is 39.3 Å². The fraction of sp³-hybridized carbons (Fsp3) is 0.538. The Morgan fingerprint density at radius 3 is 2.47 bits per heavy atom. The van der Waals surface area contributed by atoms with Gasteiger partial charge in [0.05, 0.1) is 6.54 Å². The number of amides is 2. The molecule has 0 bridgehead atoms. The van der Waals surface area contributed by atoms with Crippen molar-refractivity contribution in [2.24, 2.45) is 0 Å². The molecule has 2 N–H and O–H groups in total. The SMILES string of the molecule is CCC(CC)N(C)C(=O)NCc1ccc(C(=O)O)o1. The van der Waals surface area contributed by atoms with Crippen LogP contribution in [0, 0.1) is 0 Å². The van der Waals surface area contributed by atoms with Crippen LogP contribution in [0.1, 0.15) is 43.0 Å². The minimum Gasteiger partial charge on any atom is -0.475 e. The van der Waals surface area contributed by atoms with Gasteiger partial charge in [-0.05, 0) is 25.0 Å². The fourth-order valence-corrected chi connectivity index (χ4v) is 1.88. The summed E-state index contributed by atoms with van der Waals surface area (Å²) in [7, 11) is 1.75. The maximum Gasteiger partial charge on any atom is 0.371 e. The number of carboxylic acids is 1. The van der Waals surface area contributed by atoms with Crippen LogP contribution in [0.15, 0.2) is 16.5 Å². The van der Waals surface area contributed by atoms with E-state index in [0.29, 0.717) is 5.76 Å². The predicted octanol–water partition coefficient (Wildman–Crippen LogP) is 2.31. The van der Waals surface area contributed by atoms with E-state index in [1.165, 1.54) is 6.07 Å². The lowest BCUT2D eigenvalue weighted by Crippen LogP contribution is -2.42. The minimum atomic E-state index is -1.12. The average Bonchev–Trinajstić information content (AvgIpc) is 2.86. The standard InChI is InChI=1S/C13H20N2O4/c1-4-9(5-2)15(3)13(18)14-8-10-6-7-11(19-10)12(16)17/h6-7,9H,4-5,8H2,1-3H3,(H,14,18)(H,16,17). The first kappa shape index (κ1) is 15.1. The molecule has 0 aliphatic heterocycles. The number of furan rings is 1. The number of carbonyl (C=O) groups is 2. The zero-order valence-electron chi connectivity index (χ0n) is 11.5. The Labute approximate surface area is 112 Å². The molecule has 19 heavy (non-hydrogen) atoms. The molecule has 0 aliphatic rings. The van der Waals surface area contributed by atoms with Crippen LogP contribution in [0.2, 0.25) is 0 Å². The number of urea groups is 1. The van der Waals surface area contributed by atoms with E-state index in [-0.39, 0.29) is 24.4 Å². The van der Waals surface area contributed by atoms with Gasteiger partial charge in [0.2, 0.25) is 5.76 Å². The highest BCUT2D eigenvalue weighted by molar-refractivity contribution is 5.84. The second kappa shape index (κ2) is 6.82. The first-order valence-corrected chi connectivity index (χ1v) is 6.32. The van der Waals surface area contributed by atoms with Crippen molar-refractivity contribution in [1.29, 1.82) is 0 Å². The third kappa shape index (κ3) is 4.01. The predicted molar refractivity (Wildman–Crippen MR) is 70.0 cm³/mol. The Balaban J connectivity index is 2.51. The summed E-state index contributed by atoms with van der Waals surface area (Å²) in [5, 5.41) is 11.4. The molecule has 0 atom stereocenters. The molecule has 1 rings (SSSR count). The van der Waals surface area contributed by atoms with Crippen LogP contribution in [0.4, 0.5) is 4.79 Å². The molecular weight excluding hydrogens is 248 g/mol. The molecule has 2 amide bonds. The highest BCUT2D eigenvalue weighted by Gasteiger charge is 2.17. The molecule has 0 radical (unpaired) electrons. The molecule has 0 aliphatic carbocycles. The Morgan fingerprint density at radius 2 is 2.00 bits per heavy atom. The molecule has 1 heterocycles. The summed E-state index contributed by atoms with van der Waals surface area (Å²) in [6, 6.07) is 2.92. The monoisotopic (exact) mass is 268 g/mol. The quantitative estimate of drug-likeness (QED) is 0.829. The summed E-state index contributed by atoms with van der Waals surface area (Å²) in [6.07, 6.45) is 1.79. The lowest BCUT2D eigenvalue weighted by molar-refractivity contribution is 0.0660. The zero-order chi connectivity index (χ0) is 14.4. The van der Waals surface area contributed by atoms with E-state index in [4.69, 9.17) is 9.52 Å². The van der Waals surface area contributed by atoms with Crippen LogP contribution in [0.25, 0.3) is 0 Å². The van der Waals surface area contributed by atoms with Crippen LogP contribution in [0.3, 0.4) is 0 Å². The van der Waals surface area contributed by atoms with Crippen molar-refractivity contribution < 1.29 is 19.1 Å².